The Morgan fingerprint density at radius 1 is 0.596 bits per heavy atom. The maximum absolute atomic E-state index is 12.1. The van der Waals surface area contributed by atoms with E-state index in [1.165, 1.54) is 0 Å². The van der Waals surface area contributed by atoms with Gasteiger partial charge < -0.3 is 5.11 Å². The zero-order valence-corrected chi connectivity index (χ0v) is 33.9. The van der Waals surface area contributed by atoms with Gasteiger partial charge in [0.05, 0.1) is 27.2 Å². The molecule has 0 aliphatic heterocycles. The van der Waals surface area contributed by atoms with E-state index < -0.39 is 0 Å². The third kappa shape index (κ3) is 6.70. The van der Waals surface area contributed by atoms with Crippen molar-refractivity contribution in [3.8, 4) is 39.5 Å². The number of hydrogen-bond acceptors (Lipinski definition) is 6. The summed E-state index contributed by atoms with van der Waals surface area (Å²) in [6.45, 7) is 13.0. The molecule has 0 bridgehead atoms. The molecule has 6 heteroatoms. The number of phenolic OH excluding ortho intramolecular Hbond substituents is 1. The number of anilines is 3. The van der Waals surface area contributed by atoms with Crippen molar-refractivity contribution in [1.82, 2.24) is 15.0 Å². The third-order valence-electron chi connectivity index (χ3n) is 10.7. The van der Waals surface area contributed by atoms with Gasteiger partial charge in [0.1, 0.15) is 11.6 Å². The predicted molar refractivity (Wildman–Crippen MR) is 240 cm³/mol. The number of aromatic nitrogens is 3. The Morgan fingerprint density at radius 3 is 2.05 bits per heavy atom. The first-order valence-corrected chi connectivity index (χ1v) is 20.2. The molecule has 0 radical (unpaired) electrons. The summed E-state index contributed by atoms with van der Waals surface area (Å²) in [4.78, 5) is 18.0. The Balaban J connectivity index is 1.38. The van der Waals surface area contributed by atoms with Crippen LogP contribution in [0.3, 0.4) is 0 Å². The van der Waals surface area contributed by atoms with Crippen molar-refractivity contribution in [2.45, 2.75) is 52.4 Å². The largest absolute Gasteiger partial charge is 0.507 e. The Kier molecular flexibility index (Phi) is 8.90. The van der Waals surface area contributed by atoms with Crippen LogP contribution >= 0.6 is 11.3 Å². The van der Waals surface area contributed by atoms with E-state index >= 15 is 0 Å². The molecule has 6 aromatic carbocycles. The summed E-state index contributed by atoms with van der Waals surface area (Å²) < 4.78 is 2.13. The van der Waals surface area contributed by atoms with Crippen LogP contribution in [0, 0.1) is 0 Å². The molecule has 0 spiro atoms. The van der Waals surface area contributed by atoms with Crippen molar-refractivity contribution in [2.75, 3.05) is 4.90 Å². The molecule has 280 valence electrons. The van der Waals surface area contributed by atoms with Crippen LogP contribution in [0.5, 0.6) is 5.75 Å². The average Bonchev–Trinajstić information content (AvgIpc) is 3.59. The molecule has 5 nitrogen and oxygen atoms in total. The van der Waals surface area contributed by atoms with Crippen molar-refractivity contribution in [1.29, 1.82) is 0 Å². The minimum Gasteiger partial charge on any atom is -0.507 e. The van der Waals surface area contributed by atoms with Gasteiger partial charge in [-0.2, -0.15) is 0 Å². The third-order valence-corrected chi connectivity index (χ3v) is 11.9. The SMILES string of the molecule is CC(C)(C)c1cc(-c2nc(-c3cc(-c4ccccc4)cc(N(c4ccccn4)c4cccc5ccccc45)c3)c3sc4ccccc4c3n2)c(O)c(C(C)(C)C)c1. The number of benzene rings is 6. The number of rotatable bonds is 6. The fraction of sp³-hybridized carbons (Fsp3) is 0.157. The summed E-state index contributed by atoms with van der Waals surface area (Å²) in [5.41, 5.74) is 8.89. The second kappa shape index (κ2) is 14.0. The molecule has 0 aliphatic rings. The Labute approximate surface area is 338 Å². The van der Waals surface area contributed by atoms with Crippen LogP contribution in [0.2, 0.25) is 0 Å². The predicted octanol–water partition coefficient (Wildman–Crippen LogP) is 14.2. The van der Waals surface area contributed by atoms with E-state index in [9.17, 15) is 5.11 Å². The van der Waals surface area contributed by atoms with E-state index in [2.05, 4.69) is 174 Å². The molecule has 0 amide bonds. The highest BCUT2D eigenvalue weighted by Crippen LogP contribution is 2.47. The van der Waals surface area contributed by atoms with E-state index in [0.29, 0.717) is 11.4 Å². The van der Waals surface area contributed by atoms with Gasteiger partial charge in [0, 0.05) is 38.5 Å². The van der Waals surface area contributed by atoms with Gasteiger partial charge in [-0.1, -0.05) is 139 Å². The minimum atomic E-state index is -0.308. The highest BCUT2D eigenvalue weighted by atomic mass is 32.1. The zero-order chi connectivity index (χ0) is 39.5. The summed E-state index contributed by atoms with van der Waals surface area (Å²) in [7, 11) is 0. The summed E-state index contributed by atoms with van der Waals surface area (Å²) in [5.74, 6) is 1.52. The van der Waals surface area contributed by atoms with Crippen molar-refractivity contribution >= 4 is 59.6 Å². The average molecular weight is 761 g/mol. The molecular weight excluding hydrogens is 717 g/mol. The fourth-order valence-electron chi connectivity index (χ4n) is 7.68. The van der Waals surface area contributed by atoms with Crippen LogP contribution < -0.4 is 4.90 Å². The number of fused-ring (bicyclic) bond motifs is 4. The summed E-state index contributed by atoms with van der Waals surface area (Å²) in [6.07, 6.45) is 1.84. The van der Waals surface area contributed by atoms with Crippen LogP contribution in [0.15, 0.2) is 152 Å². The lowest BCUT2D eigenvalue weighted by molar-refractivity contribution is 0.446. The Hall–Kier alpha value is -6.37. The maximum atomic E-state index is 12.1. The number of nitrogens with zero attached hydrogens (tertiary/aromatic N) is 4. The Bertz CT molecular complexity index is 2940. The lowest BCUT2D eigenvalue weighted by Crippen LogP contribution is -2.17. The van der Waals surface area contributed by atoms with Crippen molar-refractivity contribution in [3.05, 3.63) is 163 Å². The molecule has 0 unspecified atom stereocenters. The van der Waals surface area contributed by atoms with E-state index in [1.54, 1.807) is 11.3 Å². The quantitative estimate of drug-likeness (QED) is 0.183. The molecule has 0 aliphatic carbocycles. The zero-order valence-electron chi connectivity index (χ0n) is 33.1. The van der Waals surface area contributed by atoms with Gasteiger partial charge >= 0.3 is 0 Å². The van der Waals surface area contributed by atoms with Gasteiger partial charge in [0.2, 0.25) is 0 Å². The smallest absolute Gasteiger partial charge is 0.164 e. The van der Waals surface area contributed by atoms with Crippen LogP contribution in [-0.4, -0.2) is 20.1 Å². The topological polar surface area (TPSA) is 62.1 Å². The van der Waals surface area contributed by atoms with Crippen molar-refractivity contribution in [2.24, 2.45) is 0 Å². The minimum absolute atomic E-state index is 0.167. The summed E-state index contributed by atoms with van der Waals surface area (Å²) >= 11 is 1.70. The Morgan fingerprint density at radius 2 is 1.30 bits per heavy atom. The normalized spacial score (nSPS) is 12.1. The first-order valence-electron chi connectivity index (χ1n) is 19.4. The molecule has 1 N–H and O–H groups in total. The van der Waals surface area contributed by atoms with E-state index in [1.807, 2.05) is 24.4 Å². The van der Waals surface area contributed by atoms with Crippen LogP contribution in [0.1, 0.15) is 52.7 Å². The second-order valence-electron chi connectivity index (χ2n) is 16.7. The van der Waals surface area contributed by atoms with Crippen LogP contribution in [0.25, 0.3) is 64.8 Å². The van der Waals surface area contributed by atoms with Gasteiger partial charge in [-0.05, 0) is 81.4 Å². The van der Waals surface area contributed by atoms with E-state index in [0.717, 1.165) is 81.8 Å². The molecule has 3 heterocycles. The van der Waals surface area contributed by atoms with E-state index in [-0.39, 0.29) is 16.6 Å². The standard InChI is InChI=1S/C51H44N4OS/c1-50(2,3)36-30-40(47(56)41(31-36)51(4,5)6)49-53-45(48-46(54-49)39-22-12-13-24-43(39)57-48)35-27-34(32-17-8-7-9-18-32)28-37(29-35)55(44-25-14-15-26-52-44)42-23-16-20-33-19-10-11-21-38(33)42/h7-31,56H,1-6H3. The molecule has 0 saturated heterocycles. The molecule has 57 heavy (non-hydrogen) atoms. The number of pyridine rings is 1. The second-order valence-corrected chi connectivity index (χ2v) is 17.8. The number of aromatic hydroxyl groups is 1. The number of thiophene rings is 1. The maximum Gasteiger partial charge on any atom is 0.164 e. The van der Waals surface area contributed by atoms with Gasteiger partial charge in [0.25, 0.3) is 0 Å². The van der Waals surface area contributed by atoms with Crippen molar-refractivity contribution in [3.63, 3.8) is 0 Å². The highest BCUT2D eigenvalue weighted by molar-refractivity contribution is 7.26. The fourth-order valence-corrected chi connectivity index (χ4v) is 8.83. The van der Waals surface area contributed by atoms with E-state index in [4.69, 9.17) is 15.0 Å². The van der Waals surface area contributed by atoms with Gasteiger partial charge in [-0.15, -0.1) is 11.3 Å². The lowest BCUT2D eigenvalue weighted by Gasteiger charge is -2.27. The molecule has 0 fully saturated rings. The lowest BCUT2D eigenvalue weighted by atomic mass is 9.79. The van der Waals surface area contributed by atoms with Crippen LogP contribution in [-0.2, 0) is 10.8 Å². The van der Waals surface area contributed by atoms with Crippen LogP contribution in [0.4, 0.5) is 17.2 Å². The molecular formula is C51H44N4OS. The summed E-state index contributed by atoms with van der Waals surface area (Å²) in [6, 6.07) is 50.8. The number of phenols is 1. The molecule has 0 saturated carbocycles. The summed E-state index contributed by atoms with van der Waals surface area (Å²) in [5, 5.41) is 15.5. The first kappa shape index (κ1) is 36.3. The monoisotopic (exact) mass is 760 g/mol. The van der Waals surface area contributed by atoms with Gasteiger partial charge in [-0.25, -0.2) is 15.0 Å². The molecule has 3 aromatic heterocycles. The molecule has 9 aromatic rings. The molecule has 9 rings (SSSR count). The first-order chi connectivity index (χ1) is 27.4. The highest BCUT2D eigenvalue weighted by Gasteiger charge is 2.28. The van der Waals surface area contributed by atoms with Crippen molar-refractivity contribution < 1.29 is 5.11 Å². The molecule has 0 atom stereocenters. The van der Waals surface area contributed by atoms with Gasteiger partial charge in [-0.3, -0.25) is 4.90 Å². The number of hydrogen-bond donors (Lipinski definition) is 1. The van der Waals surface area contributed by atoms with Gasteiger partial charge in [0.15, 0.2) is 5.82 Å².